The van der Waals surface area contributed by atoms with Gasteiger partial charge in [0.2, 0.25) is 0 Å². The molecule has 3 rings (SSSR count). The van der Waals surface area contributed by atoms with E-state index in [1.54, 1.807) is 16.8 Å². The van der Waals surface area contributed by atoms with E-state index in [0.717, 1.165) is 46.6 Å². The lowest BCUT2D eigenvalue weighted by atomic mass is 9.94. The van der Waals surface area contributed by atoms with Gasteiger partial charge in [0, 0.05) is 36.3 Å². The van der Waals surface area contributed by atoms with Crippen LogP contribution in [0, 0.1) is 5.92 Å². The molecule has 5 nitrogen and oxygen atoms in total. The Morgan fingerprint density at radius 2 is 2.19 bits per heavy atom. The van der Waals surface area contributed by atoms with Crippen LogP contribution in [0.15, 0.2) is 40.9 Å². The second-order valence-electron chi connectivity index (χ2n) is 6.60. The van der Waals surface area contributed by atoms with E-state index in [1.807, 2.05) is 24.6 Å². The predicted octanol–water partition coefficient (Wildman–Crippen LogP) is 4.31. The molecular weight excluding hydrogens is 348 g/mol. The van der Waals surface area contributed by atoms with Crippen molar-refractivity contribution in [1.82, 2.24) is 9.55 Å². The molecule has 0 bridgehead atoms. The van der Waals surface area contributed by atoms with Crippen LogP contribution in [0.5, 0.6) is 0 Å². The maximum absolute atomic E-state index is 12.3. The van der Waals surface area contributed by atoms with Gasteiger partial charge in [0.05, 0.1) is 10.4 Å². The Balaban J connectivity index is 2.22. The Bertz CT molecular complexity index is 934. The molecule has 1 N–H and O–H groups in total. The number of rotatable bonds is 7. The molecule has 1 fully saturated rings. The highest BCUT2D eigenvalue weighted by Crippen LogP contribution is 2.45. The highest BCUT2D eigenvalue weighted by Gasteiger charge is 2.29. The molecule has 1 aliphatic carbocycles. The zero-order valence-corrected chi connectivity index (χ0v) is 15.8. The standard InChI is InChI=1S/C20H22N2O3S/c1-4-7-22-10-15(20(24)25)17(23)8-16(22)13(3)19(12(2)14-5-6-14)18-9-21-11-26-18/h8-11,14H,2,4-7H2,1,3H3,(H,24,25)/b19-13-. The van der Waals surface area contributed by atoms with Crippen molar-refractivity contribution in [2.45, 2.75) is 39.7 Å². The van der Waals surface area contributed by atoms with E-state index in [1.165, 1.54) is 12.3 Å². The first-order chi connectivity index (χ1) is 12.4. The number of aromatic carboxylic acids is 1. The van der Waals surface area contributed by atoms with E-state index in [9.17, 15) is 14.7 Å². The molecule has 0 aromatic carbocycles. The van der Waals surface area contributed by atoms with Crippen molar-refractivity contribution < 1.29 is 9.90 Å². The normalized spacial score (nSPS) is 14.8. The zero-order valence-electron chi connectivity index (χ0n) is 15.0. The molecule has 1 aliphatic rings. The number of nitrogens with zero attached hydrogens (tertiary/aromatic N) is 2. The molecule has 136 valence electrons. The Labute approximate surface area is 156 Å². The Morgan fingerprint density at radius 3 is 2.73 bits per heavy atom. The van der Waals surface area contributed by atoms with Crippen LogP contribution in [0.25, 0.3) is 11.1 Å². The van der Waals surface area contributed by atoms with Crippen molar-refractivity contribution in [3.05, 3.63) is 62.5 Å². The molecule has 0 amide bonds. The number of thiazole rings is 1. The fraction of sp³-hybridized carbons (Fsp3) is 0.350. The molecule has 0 spiro atoms. The van der Waals surface area contributed by atoms with Gasteiger partial charge < -0.3 is 9.67 Å². The minimum Gasteiger partial charge on any atom is -0.477 e. The topological polar surface area (TPSA) is 72.2 Å². The maximum Gasteiger partial charge on any atom is 0.341 e. The van der Waals surface area contributed by atoms with Gasteiger partial charge >= 0.3 is 5.97 Å². The largest absolute Gasteiger partial charge is 0.477 e. The molecule has 0 aliphatic heterocycles. The molecule has 0 unspecified atom stereocenters. The first-order valence-corrected chi connectivity index (χ1v) is 9.59. The van der Waals surface area contributed by atoms with Crippen molar-refractivity contribution in [2.24, 2.45) is 5.92 Å². The lowest BCUT2D eigenvalue weighted by molar-refractivity contribution is 0.0694. The lowest BCUT2D eigenvalue weighted by Gasteiger charge is -2.18. The van der Waals surface area contributed by atoms with Crippen LogP contribution >= 0.6 is 11.3 Å². The Kier molecular flexibility index (Phi) is 5.23. The van der Waals surface area contributed by atoms with Crippen LogP contribution in [0.3, 0.4) is 0 Å². The number of aromatic nitrogens is 2. The average molecular weight is 370 g/mol. The van der Waals surface area contributed by atoms with E-state index in [2.05, 4.69) is 11.6 Å². The van der Waals surface area contributed by atoms with Crippen LogP contribution in [0.1, 0.15) is 54.0 Å². The summed E-state index contributed by atoms with van der Waals surface area (Å²) in [5.74, 6) is -0.718. The number of aryl methyl sites for hydroxylation is 1. The van der Waals surface area contributed by atoms with Gasteiger partial charge in [-0.25, -0.2) is 4.79 Å². The van der Waals surface area contributed by atoms with Gasteiger partial charge in [-0.15, -0.1) is 11.3 Å². The molecule has 0 radical (unpaired) electrons. The molecule has 26 heavy (non-hydrogen) atoms. The number of hydrogen-bond acceptors (Lipinski definition) is 4. The first-order valence-electron chi connectivity index (χ1n) is 8.71. The number of hydrogen-bond donors (Lipinski definition) is 1. The highest BCUT2D eigenvalue weighted by molar-refractivity contribution is 7.10. The van der Waals surface area contributed by atoms with E-state index >= 15 is 0 Å². The number of carbonyl (C=O) groups is 1. The predicted molar refractivity (Wildman–Crippen MR) is 104 cm³/mol. The summed E-state index contributed by atoms with van der Waals surface area (Å²) in [4.78, 5) is 28.9. The molecule has 1 saturated carbocycles. The second kappa shape index (κ2) is 7.41. The Morgan fingerprint density at radius 1 is 1.46 bits per heavy atom. The summed E-state index contributed by atoms with van der Waals surface area (Å²) < 4.78 is 1.86. The zero-order chi connectivity index (χ0) is 18.8. The molecule has 2 aromatic heterocycles. The summed E-state index contributed by atoms with van der Waals surface area (Å²) in [5.41, 5.74) is 4.90. The summed E-state index contributed by atoms with van der Waals surface area (Å²) in [7, 11) is 0. The van der Waals surface area contributed by atoms with Crippen molar-refractivity contribution in [3.8, 4) is 0 Å². The first kappa shape index (κ1) is 18.3. The van der Waals surface area contributed by atoms with Gasteiger partial charge in [0.15, 0.2) is 5.43 Å². The third kappa shape index (κ3) is 3.55. The Hall–Kier alpha value is -2.47. The van der Waals surface area contributed by atoms with Gasteiger partial charge in [0.25, 0.3) is 0 Å². The average Bonchev–Trinajstić information content (AvgIpc) is 3.32. The lowest BCUT2D eigenvalue weighted by Crippen LogP contribution is -2.20. The second-order valence-corrected chi connectivity index (χ2v) is 7.49. The van der Waals surface area contributed by atoms with Crippen LogP contribution < -0.4 is 5.43 Å². The third-order valence-electron chi connectivity index (χ3n) is 4.65. The van der Waals surface area contributed by atoms with Crippen molar-refractivity contribution in [3.63, 3.8) is 0 Å². The van der Waals surface area contributed by atoms with E-state index in [0.29, 0.717) is 12.5 Å². The van der Waals surface area contributed by atoms with E-state index in [-0.39, 0.29) is 5.56 Å². The third-order valence-corrected chi connectivity index (χ3v) is 5.44. The summed E-state index contributed by atoms with van der Waals surface area (Å²) in [6, 6.07) is 1.44. The number of pyridine rings is 1. The number of carboxylic acids is 1. The van der Waals surface area contributed by atoms with Gasteiger partial charge in [-0.2, -0.15) is 0 Å². The van der Waals surface area contributed by atoms with Crippen molar-refractivity contribution in [1.29, 1.82) is 0 Å². The minimum absolute atomic E-state index is 0.199. The fourth-order valence-corrected chi connectivity index (χ4v) is 3.93. The molecule has 6 heteroatoms. The molecule has 0 saturated heterocycles. The molecular formula is C20H22N2O3S. The van der Waals surface area contributed by atoms with E-state index in [4.69, 9.17) is 0 Å². The smallest absolute Gasteiger partial charge is 0.341 e. The highest BCUT2D eigenvalue weighted by atomic mass is 32.1. The van der Waals surface area contributed by atoms with Crippen LogP contribution in [-0.4, -0.2) is 20.6 Å². The minimum atomic E-state index is -1.20. The quantitative estimate of drug-likeness (QED) is 0.737. The van der Waals surface area contributed by atoms with Gasteiger partial charge in [0.1, 0.15) is 5.56 Å². The molecule has 0 atom stereocenters. The van der Waals surface area contributed by atoms with Crippen LogP contribution in [-0.2, 0) is 6.54 Å². The maximum atomic E-state index is 12.3. The number of allylic oxidation sites excluding steroid dienone is 3. The van der Waals surface area contributed by atoms with Gasteiger partial charge in [-0.05, 0) is 43.3 Å². The van der Waals surface area contributed by atoms with Crippen molar-refractivity contribution in [2.75, 3.05) is 0 Å². The SMILES string of the molecule is C=C(/C(=C(\C)c1cc(=O)c(C(=O)O)cn1CCC)c1cncs1)C1CC1. The van der Waals surface area contributed by atoms with Crippen LogP contribution in [0.4, 0.5) is 0 Å². The van der Waals surface area contributed by atoms with Crippen molar-refractivity contribution >= 4 is 28.5 Å². The summed E-state index contributed by atoms with van der Waals surface area (Å²) >= 11 is 1.55. The summed E-state index contributed by atoms with van der Waals surface area (Å²) in [6.45, 7) is 8.94. The van der Waals surface area contributed by atoms with Gasteiger partial charge in [-0.3, -0.25) is 9.78 Å². The van der Waals surface area contributed by atoms with E-state index < -0.39 is 11.4 Å². The molecule has 2 aromatic rings. The molecule has 2 heterocycles. The monoisotopic (exact) mass is 370 g/mol. The summed E-state index contributed by atoms with van der Waals surface area (Å²) in [6.07, 6.45) is 6.38. The van der Waals surface area contributed by atoms with Crippen LogP contribution in [0.2, 0.25) is 0 Å². The number of carboxylic acid groups (broad SMARTS) is 1. The fourth-order valence-electron chi connectivity index (χ4n) is 3.17. The summed E-state index contributed by atoms with van der Waals surface area (Å²) in [5, 5.41) is 9.27. The van der Waals surface area contributed by atoms with Gasteiger partial charge in [-0.1, -0.05) is 13.5 Å².